The molecule has 0 fully saturated rings. The summed E-state index contributed by atoms with van der Waals surface area (Å²) in [6.45, 7) is 16.6. The van der Waals surface area contributed by atoms with Gasteiger partial charge >= 0.3 is 0 Å². The molecule has 0 aromatic carbocycles. The number of aliphatic hydroxyl groups excluding tert-OH is 1. The third kappa shape index (κ3) is 13.6. The molecular formula is C38H68O4. The van der Waals surface area contributed by atoms with Gasteiger partial charge in [-0.1, -0.05) is 64.5 Å². The third-order valence-corrected chi connectivity index (χ3v) is 10.1. The van der Waals surface area contributed by atoms with Crippen LogP contribution in [0.1, 0.15) is 165 Å². The first-order valence-corrected chi connectivity index (χ1v) is 17.3. The van der Waals surface area contributed by atoms with Crippen LogP contribution in [0, 0.1) is 11.8 Å². The van der Waals surface area contributed by atoms with Gasteiger partial charge in [-0.3, -0.25) is 4.79 Å². The fourth-order valence-corrected chi connectivity index (χ4v) is 6.53. The number of hydrogen-bond acceptors (Lipinski definition) is 4. The minimum absolute atomic E-state index is 0.0946. The molecule has 0 amide bonds. The normalized spacial score (nSPS) is 22.6. The van der Waals surface area contributed by atoms with Gasteiger partial charge in [0.2, 0.25) is 0 Å². The minimum atomic E-state index is -0.648. The van der Waals surface area contributed by atoms with E-state index in [0.29, 0.717) is 5.92 Å². The van der Waals surface area contributed by atoms with E-state index < -0.39 is 11.7 Å². The Balaban J connectivity index is 2.54. The lowest BCUT2D eigenvalue weighted by molar-refractivity contribution is -0.120. The molecule has 0 aromatic rings. The van der Waals surface area contributed by atoms with E-state index in [1.54, 1.807) is 6.92 Å². The van der Waals surface area contributed by atoms with Crippen molar-refractivity contribution < 1.29 is 19.7 Å². The smallest absolute Gasteiger partial charge is 0.132 e. The molecule has 244 valence electrons. The average Bonchev–Trinajstić information content (AvgIpc) is 2.93. The molecule has 0 aliphatic heterocycles. The van der Waals surface area contributed by atoms with Crippen LogP contribution in [-0.2, 0) is 9.53 Å². The lowest BCUT2D eigenvalue weighted by Crippen LogP contribution is -2.40. The van der Waals surface area contributed by atoms with E-state index in [9.17, 15) is 15.0 Å². The van der Waals surface area contributed by atoms with Crippen molar-refractivity contribution in [2.24, 2.45) is 11.8 Å². The highest BCUT2D eigenvalue weighted by atomic mass is 16.5. The zero-order valence-corrected chi connectivity index (χ0v) is 29.1. The SMILES string of the molecule is CCCCCCCCC1(OC)C(CCC(C)CC/C=C(\C)CCCC(C)(O)CCCC(C)C(C)=O)=CC(O)C(C)=C1C. The molecule has 1 rings (SSSR count). The van der Waals surface area contributed by atoms with Gasteiger partial charge in [-0.25, -0.2) is 0 Å². The van der Waals surface area contributed by atoms with Crippen LogP contribution in [0.25, 0.3) is 0 Å². The summed E-state index contributed by atoms with van der Waals surface area (Å²) in [6.07, 6.45) is 22.2. The summed E-state index contributed by atoms with van der Waals surface area (Å²) in [5, 5.41) is 21.5. The second-order valence-electron chi connectivity index (χ2n) is 14.0. The lowest BCUT2D eigenvalue weighted by Gasteiger charge is -2.41. The molecule has 0 aromatic heterocycles. The maximum absolute atomic E-state index is 11.4. The zero-order chi connectivity index (χ0) is 31.8. The predicted octanol–water partition coefficient (Wildman–Crippen LogP) is 10.2. The first kappa shape index (κ1) is 38.8. The topological polar surface area (TPSA) is 66.8 Å². The van der Waals surface area contributed by atoms with Gasteiger partial charge in [-0.2, -0.15) is 0 Å². The van der Waals surface area contributed by atoms with Gasteiger partial charge in [-0.15, -0.1) is 0 Å². The molecule has 1 aliphatic carbocycles. The quantitative estimate of drug-likeness (QED) is 0.0920. The first-order chi connectivity index (χ1) is 19.8. The Morgan fingerprint density at radius 2 is 1.67 bits per heavy atom. The average molecular weight is 589 g/mol. The van der Waals surface area contributed by atoms with Crippen molar-refractivity contribution in [1.82, 2.24) is 0 Å². The van der Waals surface area contributed by atoms with Crippen LogP contribution < -0.4 is 0 Å². The van der Waals surface area contributed by atoms with Crippen molar-refractivity contribution in [2.45, 2.75) is 182 Å². The van der Waals surface area contributed by atoms with Crippen LogP contribution in [-0.4, -0.2) is 40.4 Å². The van der Waals surface area contributed by atoms with Gasteiger partial charge in [0.25, 0.3) is 0 Å². The third-order valence-electron chi connectivity index (χ3n) is 10.1. The number of aliphatic hydroxyl groups is 2. The van der Waals surface area contributed by atoms with Gasteiger partial charge < -0.3 is 14.9 Å². The lowest BCUT2D eigenvalue weighted by atomic mass is 9.72. The molecule has 5 atom stereocenters. The highest BCUT2D eigenvalue weighted by Crippen LogP contribution is 2.43. The summed E-state index contributed by atoms with van der Waals surface area (Å²) in [5.74, 6) is 0.932. The summed E-state index contributed by atoms with van der Waals surface area (Å²) < 4.78 is 6.32. The Bertz CT molecular complexity index is 880. The molecule has 2 N–H and O–H groups in total. The molecule has 0 spiro atoms. The molecule has 0 bridgehead atoms. The number of allylic oxidation sites excluding steroid dienone is 2. The second kappa shape index (κ2) is 19.9. The van der Waals surface area contributed by atoms with Crippen molar-refractivity contribution in [3.63, 3.8) is 0 Å². The molecule has 0 radical (unpaired) electrons. The van der Waals surface area contributed by atoms with Crippen LogP contribution >= 0.6 is 0 Å². The Hall–Kier alpha value is -1.23. The standard InChI is InChI=1S/C38H68O4/c1-10-11-12-13-14-15-27-38(42-9)33(6)32(5)36(40)28-35(38)24-23-30(3)20-16-19-29(2)21-17-25-37(8,41)26-18-22-31(4)34(7)39/h19,28,30-31,36,40-41H,10-18,20-27H2,1-9H3/b29-19+. The number of methoxy groups -OCH3 is 1. The van der Waals surface area contributed by atoms with Crippen molar-refractivity contribution in [3.05, 3.63) is 34.4 Å². The second-order valence-corrected chi connectivity index (χ2v) is 14.0. The van der Waals surface area contributed by atoms with E-state index in [-0.39, 0.29) is 17.3 Å². The van der Waals surface area contributed by atoms with Gasteiger partial charge in [-0.05, 0) is 140 Å². The van der Waals surface area contributed by atoms with Gasteiger partial charge in [0.15, 0.2) is 0 Å². The number of rotatable bonds is 23. The summed E-state index contributed by atoms with van der Waals surface area (Å²) in [4.78, 5) is 11.4. The van der Waals surface area contributed by atoms with E-state index in [0.717, 1.165) is 82.6 Å². The van der Waals surface area contributed by atoms with E-state index in [1.165, 1.54) is 48.8 Å². The van der Waals surface area contributed by atoms with Gasteiger partial charge in [0.1, 0.15) is 11.4 Å². The van der Waals surface area contributed by atoms with Crippen LogP contribution in [0.2, 0.25) is 0 Å². The molecule has 1 aliphatic rings. The largest absolute Gasteiger partial charge is 0.390 e. The Kier molecular flexibility index (Phi) is 18.4. The fraction of sp³-hybridized carbons (Fsp3) is 0.816. The number of carbonyl (C=O) groups is 1. The van der Waals surface area contributed by atoms with Gasteiger partial charge in [0, 0.05) is 13.0 Å². The number of unbranched alkanes of at least 4 members (excludes halogenated alkanes) is 5. The molecule has 0 saturated heterocycles. The van der Waals surface area contributed by atoms with Gasteiger partial charge in [0.05, 0.1) is 11.7 Å². The highest BCUT2D eigenvalue weighted by molar-refractivity contribution is 5.77. The van der Waals surface area contributed by atoms with Crippen molar-refractivity contribution in [3.8, 4) is 0 Å². The summed E-state index contributed by atoms with van der Waals surface area (Å²) >= 11 is 0. The van der Waals surface area contributed by atoms with Crippen molar-refractivity contribution >= 4 is 5.78 Å². The van der Waals surface area contributed by atoms with Crippen LogP contribution in [0.4, 0.5) is 0 Å². The van der Waals surface area contributed by atoms with Crippen molar-refractivity contribution in [2.75, 3.05) is 7.11 Å². The van der Waals surface area contributed by atoms with E-state index in [2.05, 4.69) is 46.8 Å². The van der Waals surface area contributed by atoms with Crippen LogP contribution in [0.5, 0.6) is 0 Å². The zero-order valence-electron chi connectivity index (χ0n) is 29.1. The Morgan fingerprint density at radius 1 is 1.02 bits per heavy atom. The first-order valence-electron chi connectivity index (χ1n) is 17.3. The summed E-state index contributed by atoms with van der Waals surface area (Å²) in [7, 11) is 1.85. The Labute approximate surface area is 260 Å². The van der Waals surface area contributed by atoms with E-state index in [4.69, 9.17) is 4.74 Å². The number of ketones is 1. The number of hydrogen-bond donors (Lipinski definition) is 2. The minimum Gasteiger partial charge on any atom is -0.390 e. The van der Waals surface area contributed by atoms with Crippen LogP contribution in [0.15, 0.2) is 34.4 Å². The highest BCUT2D eigenvalue weighted by Gasteiger charge is 2.40. The van der Waals surface area contributed by atoms with E-state index in [1.807, 2.05) is 21.0 Å². The predicted molar refractivity (Wildman–Crippen MR) is 180 cm³/mol. The van der Waals surface area contributed by atoms with Crippen LogP contribution in [0.3, 0.4) is 0 Å². The molecule has 4 heteroatoms. The maximum atomic E-state index is 11.4. The molecule has 0 saturated carbocycles. The summed E-state index contributed by atoms with van der Waals surface area (Å²) in [5.41, 5.74) is 3.93. The maximum Gasteiger partial charge on any atom is 0.132 e. The Morgan fingerprint density at radius 3 is 2.31 bits per heavy atom. The van der Waals surface area contributed by atoms with Crippen molar-refractivity contribution in [1.29, 1.82) is 0 Å². The molecular weight excluding hydrogens is 520 g/mol. The summed E-state index contributed by atoms with van der Waals surface area (Å²) in [6, 6.07) is 0. The monoisotopic (exact) mass is 589 g/mol. The molecule has 4 nitrogen and oxygen atoms in total. The molecule has 42 heavy (non-hydrogen) atoms. The number of carbonyl (C=O) groups excluding carboxylic acids is 1. The fourth-order valence-electron chi connectivity index (χ4n) is 6.53. The van der Waals surface area contributed by atoms with E-state index >= 15 is 0 Å². The molecule has 5 unspecified atom stereocenters. The number of Topliss-reactive ketones (excluding diaryl/α,β-unsaturated/α-hetero) is 1. The number of ether oxygens (including phenoxy) is 1. The molecule has 0 heterocycles.